The van der Waals surface area contributed by atoms with Crippen LogP contribution in [0.3, 0.4) is 0 Å². The van der Waals surface area contributed by atoms with E-state index in [4.69, 9.17) is 0 Å². The molecule has 0 fully saturated rings. The third-order valence-electron chi connectivity index (χ3n) is 3.87. The molecule has 1 N–H and O–H groups in total. The number of hydrogen-bond donors (Lipinski definition) is 1. The highest BCUT2D eigenvalue weighted by molar-refractivity contribution is 6.04. The Morgan fingerprint density at radius 3 is 2.77 bits per heavy atom. The Morgan fingerprint density at radius 1 is 1.23 bits per heavy atom. The second-order valence-corrected chi connectivity index (χ2v) is 5.76. The topological polar surface area (TPSA) is 89.2 Å². The number of aryl methyl sites for hydroxylation is 1. The molecule has 26 heavy (non-hydrogen) atoms. The van der Waals surface area contributed by atoms with E-state index >= 15 is 0 Å². The molecule has 0 saturated heterocycles. The van der Waals surface area contributed by atoms with Gasteiger partial charge in [0.05, 0.1) is 11.6 Å². The Bertz CT molecular complexity index is 996. The van der Waals surface area contributed by atoms with Gasteiger partial charge in [0.15, 0.2) is 5.69 Å². The van der Waals surface area contributed by atoms with Gasteiger partial charge in [-0.3, -0.25) is 14.6 Å². The number of hydrogen-bond acceptors (Lipinski definition) is 5. The van der Waals surface area contributed by atoms with Crippen molar-refractivity contribution in [2.75, 3.05) is 0 Å². The Kier molecular flexibility index (Phi) is 5.48. The molecule has 7 heteroatoms. The maximum atomic E-state index is 12.6. The molecule has 1 aromatic carbocycles. The molecule has 3 rings (SSSR count). The fraction of sp³-hybridized carbons (Fsp3) is 0.211. The third kappa shape index (κ3) is 3.83. The molecule has 2 heterocycles. The van der Waals surface area contributed by atoms with Crippen molar-refractivity contribution in [3.63, 3.8) is 0 Å². The molecule has 0 aliphatic rings. The van der Waals surface area contributed by atoms with E-state index in [1.807, 2.05) is 13.0 Å². The molecule has 7 nitrogen and oxygen atoms in total. The lowest BCUT2D eigenvalue weighted by molar-refractivity contribution is 0.0949. The van der Waals surface area contributed by atoms with E-state index in [-0.39, 0.29) is 11.3 Å². The lowest BCUT2D eigenvalue weighted by atomic mass is 10.1. The van der Waals surface area contributed by atoms with Crippen molar-refractivity contribution >= 4 is 22.9 Å². The summed E-state index contributed by atoms with van der Waals surface area (Å²) in [4.78, 5) is 29.1. The van der Waals surface area contributed by atoms with Gasteiger partial charge in [-0.25, -0.2) is 10.1 Å². The third-order valence-corrected chi connectivity index (χ3v) is 3.87. The van der Waals surface area contributed by atoms with Gasteiger partial charge in [-0.15, -0.1) is 0 Å². The molecule has 132 valence electrons. The summed E-state index contributed by atoms with van der Waals surface area (Å²) >= 11 is 0. The number of benzene rings is 1. The number of rotatable bonds is 6. The average molecular weight is 349 g/mol. The number of carbonyl (C=O) groups excluding carboxylic acids is 1. The number of nitrogens with zero attached hydrogens (tertiary/aromatic N) is 4. The number of fused-ring (bicyclic) bond motifs is 1. The summed E-state index contributed by atoms with van der Waals surface area (Å²) in [7, 11) is 0. The van der Waals surface area contributed by atoms with E-state index in [2.05, 4.69) is 20.6 Å². The van der Waals surface area contributed by atoms with Crippen LogP contribution >= 0.6 is 0 Å². The predicted octanol–water partition coefficient (Wildman–Crippen LogP) is 2.36. The van der Waals surface area contributed by atoms with Crippen LogP contribution in [0.25, 0.3) is 10.8 Å². The van der Waals surface area contributed by atoms with Crippen LogP contribution < -0.4 is 11.0 Å². The monoisotopic (exact) mass is 349 g/mol. The first-order valence-electron chi connectivity index (χ1n) is 8.44. The average Bonchev–Trinajstić information content (AvgIpc) is 2.68. The Hall–Kier alpha value is -3.35. The first-order chi connectivity index (χ1) is 12.7. The van der Waals surface area contributed by atoms with Gasteiger partial charge < -0.3 is 0 Å². The van der Waals surface area contributed by atoms with E-state index in [0.29, 0.717) is 17.3 Å². The van der Waals surface area contributed by atoms with Crippen molar-refractivity contribution in [3.8, 4) is 0 Å². The van der Waals surface area contributed by atoms with Crippen molar-refractivity contribution in [2.45, 2.75) is 26.3 Å². The van der Waals surface area contributed by atoms with Gasteiger partial charge in [-0.1, -0.05) is 37.6 Å². The summed E-state index contributed by atoms with van der Waals surface area (Å²) in [6.45, 7) is 2.51. The SMILES string of the molecule is CCCCn1nc(C(=O)N/N=C\c2cccnc2)c2ccccc2c1=O. The zero-order valence-electron chi connectivity index (χ0n) is 14.4. The maximum Gasteiger partial charge on any atom is 0.292 e. The van der Waals surface area contributed by atoms with Gasteiger partial charge in [-0.05, 0) is 18.6 Å². The van der Waals surface area contributed by atoms with Crippen LogP contribution in [0.15, 0.2) is 58.7 Å². The summed E-state index contributed by atoms with van der Waals surface area (Å²) in [5.41, 5.74) is 3.22. The predicted molar refractivity (Wildman–Crippen MR) is 100 cm³/mol. The number of aromatic nitrogens is 3. The standard InChI is InChI=1S/C19H19N5O2/c1-2-3-11-24-19(26)16-9-5-4-8-15(16)17(23-24)18(25)22-21-13-14-7-6-10-20-12-14/h4-10,12-13H,2-3,11H2,1H3,(H,22,25)/b21-13-. The zero-order chi connectivity index (χ0) is 18.4. The molecule has 2 aromatic heterocycles. The number of pyridine rings is 1. The van der Waals surface area contributed by atoms with Crippen molar-refractivity contribution in [1.82, 2.24) is 20.2 Å². The van der Waals surface area contributed by atoms with E-state index in [1.165, 1.54) is 10.9 Å². The molecule has 3 aromatic rings. The van der Waals surface area contributed by atoms with Crippen LogP contribution in [0, 0.1) is 0 Å². The van der Waals surface area contributed by atoms with E-state index < -0.39 is 5.91 Å². The Balaban J connectivity index is 1.92. The summed E-state index contributed by atoms with van der Waals surface area (Å²) in [5.74, 6) is -0.466. The number of nitrogens with one attached hydrogen (secondary N) is 1. The van der Waals surface area contributed by atoms with Gasteiger partial charge in [0.2, 0.25) is 0 Å². The second-order valence-electron chi connectivity index (χ2n) is 5.76. The molecule has 0 spiro atoms. The molecule has 0 aliphatic carbocycles. The fourth-order valence-electron chi connectivity index (χ4n) is 2.53. The minimum absolute atomic E-state index is 0.180. The van der Waals surface area contributed by atoms with Crippen LogP contribution in [0.2, 0.25) is 0 Å². The highest BCUT2D eigenvalue weighted by Gasteiger charge is 2.16. The van der Waals surface area contributed by atoms with Gasteiger partial charge in [0, 0.05) is 29.9 Å². The molecule has 0 unspecified atom stereocenters. The summed E-state index contributed by atoms with van der Waals surface area (Å²) in [6, 6.07) is 10.6. The van der Waals surface area contributed by atoms with Crippen molar-refractivity contribution in [3.05, 3.63) is 70.4 Å². The van der Waals surface area contributed by atoms with Crippen LogP contribution in [-0.4, -0.2) is 26.9 Å². The molecule has 0 radical (unpaired) electrons. The fourth-order valence-corrected chi connectivity index (χ4v) is 2.53. The minimum atomic E-state index is -0.466. The van der Waals surface area contributed by atoms with E-state index in [1.54, 1.807) is 42.7 Å². The quantitative estimate of drug-likeness (QED) is 0.546. The molecule has 0 bridgehead atoms. The highest BCUT2D eigenvalue weighted by Crippen LogP contribution is 2.13. The summed E-state index contributed by atoms with van der Waals surface area (Å²) in [5, 5.41) is 9.20. The van der Waals surface area contributed by atoms with Crippen molar-refractivity contribution < 1.29 is 4.79 Å². The van der Waals surface area contributed by atoms with Crippen LogP contribution in [-0.2, 0) is 6.54 Å². The van der Waals surface area contributed by atoms with Crippen LogP contribution in [0.4, 0.5) is 0 Å². The van der Waals surface area contributed by atoms with Crippen molar-refractivity contribution in [2.24, 2.45) is 5.10 Å². The largest absolute Gasteiger partial charge is 0.292 e. The highest BCUT2D eigenvalue weighted by atomic mass is 16.2. The van der Waals surface area contributed by atoms with E-state index in [9.17, 15) is 9.59 Å². The zero-order valence-corrected chi connectivity index (χ0v) is 14.4. The lowest BCUT2D eigenvalue weighted by Gasteiger charge is -2.09. The van der Waals surface area contributed by atoms with Gasteiger partial charge in [0.1, 0.15) is 0 Å². The maximum absolute atomic E-state index is 12.6. The molecular weight excluding hydrogens is 330 g/mol. The lowest BCUT2D eigenvalue weighted by Crippen LogP contribution is -2.29. The number of unbranched alkanes of at least 4 members (excludes halogenated alkanes) is 1. The Labute approximate surface area is 150 Å². The first kappa shape index (κ1) is 17.5. The molecule has 0 saturated carbocycles. The van der Waals surface area contributed by atoms with Gasteiger partial charge >= 0.3 is 0 Å². The molecular formula is C19H19N5O2. The van der Waals surface area contributed by atoms with E-state index in [0.717, 1.165) is 18.4 Å². The smallest absolute Gasteiger partial charge is 0.267 e. The summed E-state index contributed by atoms with van der Waals surface area (Å²) < 4.78 is 1.35. The number of carbonyl (C=O) groups is 1. The number of hydrazone groups is 1. The molecule has 1 amide bonds. The van der Waals surface area contributed by atoms with Crippen LogP contribution in [0.5, 0.6) is 0 Å². The summed E-state index contributed by atoms with van der Waals surface area (Å²) in [6.07, 6.45) is 6.53. The molecule has 0 atom stereocenters. The van der Waals surface area contributed by atoms with Crippen molar-refractivity contribution in [1.29, 1.82) is 0 Å². The Morgan fingerprint density at radius 2 is 2.04 bits per heavy atom. The second kappa shape index (κ2) is 8.15. The van der Waals surface area contributed by atoms with Crippen LogP contribution in [0.1, 0.15) is 35.8 Å². The van der Waals surface area contributed by atoms with Gasteiger partial charge in [-0.2, -0.15) is 10.2 Å². The molecule has 0 aliphatic heterocycles. The van der Waals surface area contributed by atoms with Gasteiger partial charge in [0.25, 0.3) is 11.5 Å². The minimum Gasteiger partial charge on any atom is -0.267 e. The first-order valence-corrected chi connectivity index (χ1v) is 8.44. The number of amides is 1. The normalized spacial score (nSPS) is 11.1.